The first kappa shape index (κ1) is 7.33. The van der Waals surface area contributed by atoms with Crippen molar-refractivity contribution in [2.75, 3.05) is 0 Å². The highest BCUT2D eigenvalue weighted by Crippen LogP contribution is 2.13. The van der Waals surface area contributed by atoms with Gasteiger partial charge >= 0.3 is 0 Å². The summed E-state index contributed by atoms with van der Waals surface area (Å²) in [4.78, 5) is 0. The van der Waals surface area contributed by atoms with Crippen LogP contribution >= 0.6 is 0 Å². The van der Waals surface area contributed by atoms with Gasteiger partial charge < -0.3 is 0 Å². The zero-order valence-electron chi connectivity index (χ0n) is 6.09. The maximum atomic E-state index is 2.89. The highest BCUT2D eigenvalue weighted by atomic mass is 14.0. The SMILES string of the molecule is [CH]1CCC1.[c]1ccccc1. The molecule has 0 atom stereocenters. The minimum Gasteiger partial charge on any atom is -0.0622 e. The van der Waals surface area contributed by atoms with Crippen LogP contribution in [0.4, 0.5) is 0 Å². The molecule has 1 aliphatic rings. The van der Waals surface area contributed by atoms with Gasteiger partial charge in [0.1, 0.15) is 0 Å². The highest BCUT2D eigenvalue weighted by molar-refractivity contribution is 4.97. The Labute approximate surface area is 62.9 Å². The molecule has 0 aliphatic heterocycles. The first-order valence-electron chi connectivity index (χ1n) is 3.73. The van der Waals surface area contributed by atoms with E-state index in [4.69, 9.17) is 0 Å². The van der Waals surface area contributed by atoms with Gasteiger partial charge in [-0.25, -0.2) is 0 Å². The maximum absolute atomic E-state index is 2.89. The normalized spacial score (nSPS) is 14.4. The van der Waals surface area contributed by atoms with Gasteiger partial charge in [-0.2, -0.15) is 0 Å². The molecule has 1 aromatic rings. The van der Waals surface area contributed by atoms with Gasteiger partial charge in [0, 0.05) is 0 Å². The molecular formula is C10H12. The predicted molar refractivity (Wildman–Crippen MR) is 43.4 cm³/mol. The molecule has 0 heterocycles. The monoisotopic (exact) mass is 132 g/mol. The van der Waals surface area contributed by atoms with E-state index in [0.717, 1.165) is 0 Å². The molecule has 52 valence electrons. The molecule has 1 aliphatic carbocycles. The molecular weight excluding hydrogens is 120 g/mol. The average Bonchev–Trinajstić information content (AvgIpc) is 1.88. The second-order valence-electron chi connectivity index (χ2n) is 2.30. The summed E-state index contributed by atoms with van der Waals surface area (Å²) in [5.41, 5.74) is 0. The van der Waals surface area contributed by atoms with Crippen LogP contribution in [0.15, 0.2) is 30.3 Å². The third kappa shape index (κ3) is 3.29. The Balaban J connectivity index is 0.000000108. The molecule has 1 fully saturated rings. The summed E-state index contributed by atoms with van der Waals surface area (Å²) in [6.45, 7) is 0. The summed E-state index contributed by atoms with van der Waals surface area (Å²) in [7, 11) is 0. The van der Waals surface area contributed by atoms with Crippen LogP contribution in [-0.4, -0.2) is 0 Å². The van der Waals surface area contributed by atoms with E-state index in [2.05, 4.69) is 12.5 Å². The molecule has 0 amide bonds. The van der Waals surface area contributed by atoms with Gasteiger partial charge in [0.2, 0.25) is 0 Å². The van der Waals surface area contributed by atoms with Gasteiger partial charge in [-0.15, -0.1) is 0 Å². The van der Waals surface area contributed by atoms with Gasteiger partial charge in [0.05, 0.1) is 0 Å². The third-order valence-electron chi connectivity index (χ3n) is 1.42. The van der Waals surface area contributed by atoms with E-state index in [9.17, 15) is 0 Å². The quantitative estimate of drug-likeness (QED) is 0.509. The van der Waals surface area contributed by atoms with E-state index in [1.54, 1.807) is 0 Å². The van der Waals surface area contributed by atoms with Crippen molar-refractivity contribution in [3.05, 3.63) is 42.8 Å². The van der Waals surface area contributed by atoms with Crippen LogP contribution in [0, 0.1) is 12.5 Å². The van der Waals surface area contributed by atoms with E-state index in [1.165, 1.54) is 19.3 Å². The first-order valence-corrected chi connectivity index (χ1v) is 3.73. The summed E-state index contributed by atoms with van der Waals surface area (Å²) in [5.74, 6) is 0. The van der Waals surface area contributed by atoms with E-state index >= 15 is 0 Å². The smallest absolute Gasteiger partial charge is 0.0184 e. The first-order chi connectivity index (χ1) is 5.00. The molecule has 0 saturated heterocycles. The standard InChI is InChI=1S/C6H5.C4H7/c1-2-4-6-5-3-1;1-2-4-3-1/h1-5H;1H,2-4H2. The van der Waals surface area contributed by atoms with Crippen molar-refractivity contribution in [3.63, 3.8) is 0 Å². The number of benzene rings is 1. The lowest BCUT2D eigenvalue weighted by Gasteiger charge is -2.05. The molecule has 10 heavy (non-hydrogen) atoms. The number of hydrogen-bond donors (Lipinski definition) is 0. The van der Waals surface area contributed by atoms with Crippen molar-refractivity contribution in [2.45, 2.75) is 19.3 Å². The minimum atomic E-state index is 1.38. The minimum absolute atomic E-state index is 1.38. The molecule has 1 saturated carbocycles. The Morgan fingerprint density at radius 2 is 1.40 bits per heavy atom. The molecule has 0 N–H and O–H groups in total. The van der Waals surface area contributed by atoms with Crippen molar-refractivity contribution in [1.29, 1.82) is 0 Å². The predicted octanol–water partition coefficient (Wildman–Crippen LogP) is 2.86. The summed E-state index contributed by atoms with van der Waals surface area (Å²) in [6, 6.07) is 12.5. The molecule has 0 spiro atoms. The number of rotatable bonds is 0. The molecule has 2 rings (SSSR count). The Hall–Kier alpha value is -0.780. The third-order valence-corrected chi connectivity index (χ3v) is 1.42. The van der Waals surface area contributed by atoms with Gasteiger partial charge in [-0.1, -0.05) is 49.6 Å². The topological polar surface area (TPSA) is 0 Å². The second-order valence-corrected chi connectivity index (χ2v) is 2.30. The Kier molecular flexibility index (Phi) is 3.69. The van der Waals surface area contributed by atoms with Crippen LogP contribution in [0.3, 0.4) is 0 Å². The zero-order valence-corrected chi connectivity index (χ0v) is 6.09. The van der Waals surface area contributed by atoms with Crippen molar-refractivity contribution >= 4 is 0 Å². The molecule has 0 bridgehead atoms. The molecule has 0 nitrogen and oxygen atoms in total. The molecule has 0 heteroatoms. The largest absolute Gasteiger partial charge is 0.0622 e. The average molecular weight is 132 g/mol. The van der Waals surface area contributed by atoms with Crippen LogP contribution < -0.4 is 0 Å². The summed E-state index contributed by atoms with van der Waals surface area (Å²) in [6.07, 6.45) is 6.50. The fourth-order valence-electron chi connectivity index (χ4n) is 0.546. The van der Waals surface area contributed by atoms with Crippen LogP contribution in [0.5, 0.6) is 0 Å². The second kappa shape index (κ2) is 5.04. The highest BCUT2D eigenvalue weighted by Gasteiger charge is 1.95. The molecule has 1 aromatic carbocycles. The van der Waals surface area contributed by atoms with Crippen LogP contribution in [0.25, 0.3) is 0 Å². The molecule has 0 unspecified atom stereocenters. The lowest BCUT2D eigenvalue weighted by molar-refractivity contribution is 0.652. The van der Waals surface area contributed by atoms with Crippen molar-refractivity contribution in [2.24, 2.45) is 0 Å². The van der Waals surface area contributed by atoms with E-state index in [1.807, 2.05) is 30.3 Å². The maximum Gasteiger partial charge on any atom is -0.0184 e. The van der Waals surface area contributed by atoms with Crippen LogP contribution in [0.1, 0.15) is 19.3 Å². The van der Waals surface area contributed by atoms with Crippen molar-refractivity contribution in [1.82, 2.24) is 0 Å². The number of hydrogen-bond acceptors (Lipinski definition) is 0. The summed E-state index contributed by atoms with van der Waals surface area (Å²) < 4.78 is 0. The summed E-state index contributed by atoms with van der Waals surface area (Å²) in [5, 5.41) is 0. The fourth-order valence-corrected chi connectivity index (χ4v) is 0.546. The van der Waals surface area contributed by atoms with Crippen molar-refractivity contribution in [3.8, 4) is 0 Å². The van der Waals surface area contributed by atoms with E-state index < -0.39 is 0 Å². The lowest BCUT2D eigenvalue weighted by atomic mass is 10.0. The Bertz CT molecular complexity index is 109. The Morgan fingerprint density at radius 1 is 0.900 bits per heavy atom. The van der Waals surface area contributed by atoms with Gasteiger partial charge in [0.25, 0.3) is 0 Å². The molecule has 2 radical (unpaired) electrons. The van der Waals surface area contributed by atoms with Crippen LogP contribution in [0.2, 0.25) is 0 Å². The van der Waals surface area contributed by atoms with Gasteiger partial charge in [0.15, 0.2) is 0 Å². The van der Waals surface area contributed by atoms with Gasteiger partial charge in [-0.3, -0.25) is 0 Å². The Morgan fingerprint density at radius 3 is 1.50 bits per heavy atom. The molecule has 0 aromatic heterocycles. The van der Waals surface area contributed by atoms with E-state index in [-0.39, 0.29) is 0 Å². The summed E-state index contributed by atoms with van der Waals surface area (Å²) >= 11 is 0. The van der Waals surface area contributed by atoms with Crippen LogP contribution in [-0.2, 0) is 0 Å². The fraction of sp³-hybridized carbons (Fsp3) is 0.300. The zero-order chi connectivity index (χ0) is 7.07. The van der Waals surface area contributed by atoms with Crippen molar-refractivity contribution < 1.29 is 0 Å². The van der Waals surface area contributed by atoms with Gasteiger partial charge in [-0.05, 0) is 12.5 Å². The van der Waals surface area contributed by atoms with E-state index in [0.29, 0.717) is 0 Å². The lowest BCUT2D eigenvalue weighted by Crippen LogP contribution is -1.87.